The maximum Gasteiger partial charge on any atom is 0.270 e. The zero-order valence-corrected chi connectivity index (χ0v) is 23.7. The molecule has 0 spiro atoms. The first-order chi connectivity index (χ1) is 21.2. The van der Waals surface area contributed by atoms with Gasteiger partial charge in [-0.05, 0) is 82.9 Å². The summed E-state index contributed by atoms with van der Waals surface area (Å²) in [6, 6.07) is 19.0. The number of halogens is 1. The van der Waals surface area contributed by atoms with Gasteiger partial charge in [0.2, 0.25) is 5.88 Å². The minimum atomic E-state index is -1.55. The van der Waals surface area contributed by atoms with Crippen LogP contribution in [0.3, 0.4) is 0 Å². The van der Waals surface area contributed by atoms with Crippen molar-refractivity contribution in [3.05, 3.63) is 141 Å². The van der Waals surface area contributed by atoms with Gasteiger partial charge in [0.25, 0.3) is 5.70 Å². The monoisotopic (exact) mass is 602 g/mol. The van der Waals surface area contributed by atoms with E-state index in [9.17, 15) is 30.3 Å². The maximum absolute atomic E-state index is 11.5. The molecule has 44 heavy (non-hydrogen) atoms. The molecule has 0 saturated carbocycles. The number of nitrogens with zero attached hydrogens (tertiary/aromatic N) is 4. The molecule has 3 aromatic carbocycles. The number of hydrogen-bond donors (Lipinski definition) is 0. The van der Waals surface area contributed by atoms with E-state index in [-0.39, 0.29) is 40.4 Å². The van der Waals surface area contributed by atoms with Crippen LogP contribution in [0.4, 0.5) is 5.69 Å². The summed E-state index contributed by atoms with van der Waals surface area (Å²) in [7, 11) is 1.48. The fourth-order valence-electron chi connectivity index (χ4n) is 4.36. The molecule has 0 unspecified atom stereocenters. The number of methoxy groups -OCH3 is 1. The number of carbonyl (C=O) groups is 2. The van der Waals surface area contributed by atoms with Crippen molar-refractivity contribution in [1.29, 1.82) is 10.5 Å². The molecule has 0 amide bonds. The van der Waals surface area contributed by atoms with Crippen molar-refractivity contribution in [3.8, 4) is 23.6 Å². The largest absolute Gasteiger partial charge is 0.545 e. The number of allylic oxidation sites excluding steroid dienone is 7. The minimum Gasteiger partial charge on any atom is -0.545 e. The third kappa shape index (κ3) is 6.78. The normalized spacial score (nSPS) is 13.8. The predicted octanol–water partition coefficient (Wildman–Crippen LogP) is 4.18. The van der Waals surface area contributed by atoms with Gasteiger partial charge in [-0.15, -0.1) is 0 Å². The van der Waals surface area contributed by atoms with Crippen LogP contribution in [0.5, 0.6) is 11.5 Å². The summed E-state index contributed by atoms with van der Waals surface area (Å²) < 4.78 is 11.2. The highest BCUT2D eigenvalue weighted by molar-refractivity contribution is 6.31. The van der Waals surface area contributed by atoms with Gasteiger partial charge >= 0.3 is 0 Å². The average molecular weight is 603 g/mol. The highest BCUT2D eigenvalue weighted by Gasteiger charge is 2.26. The zero-order valence-electron chi connectivity index (χ0n) is 22.9. The second-order valence-electron chi connectivity index (χ2n) is 9.05. The van der Waals surface area contributed by atoms with Crippen LogP contribution in [0.15, 0.2) is 102 Å². The highest BCUT2D eigenvalue weighted by atomic mass is 35.5. The Morgan fingerprint density at radius 3 is 2.36 bits per heavy atom. The van der Waals surface area contributed by atoms with Crippen molar-refractivity contribution < 1.29 is 29.3 Å². The summed E-state index contributed by atoms with van der Waals surface area (Å²) in [4.78, 5) is 28.0. The molecular weight excluding hydrogens is 584 g/mol. The van der Waals surface area contributed by atoms with Gasteiger partial charge in [-0.2, -0.15) is 5.26 Å². The van der Waals surface area contributed by atoms with Crippen LogP contribution in [0.25, 0.3) is 10.4 Å². The van der Waals surface area contributed by atoms with Crippen molar-refractivity contribution in [2.75, 3.05) is 12.0 Å². The second-order valence-corrected chi connectivity index (χ2v) is 9.49. The standard InChI is InChI=1S/C33H21ClN4O6/c1-37-27(18-36)31(21-7-5-8-26(15-21)43-2)22(17-35)6-3-4-9-30-38(28-16-25(34)10-11-29(28)44-30)19-20-12-23(32(39)40)14-24(13-20)33(41)42/h3-16H,19H2,2H3,(H,39,40)(H,41,42)/p-2/b4-3+,22-6+,30-9-,31-27+. The molecule has 0 aromatic heterocycles. The molecule has 0 N–H and O–H groups in total. The summed E-state index contributed by atoms with van der Waals surface area (Å²) >= 11 is 6.22. The number of carboxylic acids is 2. The molecule has 3 aromatic rings. The lowest BCUT2D eigenvalue weighted by Gasteiger charge is -2.20. The molecule has 0 atom stereocenters. The van der Waals surface area contributed by atoms with E-state index in [0.29, 0.717) is 33.3 Å². The van der Waals surface area contributed by atoms with Crippen molar-refractivity contribution in [2.45, 2.75) is 6.54 Å². The van der Waals surface area contributed by atoms with E-state index in [2.05, 4.69) is 4.85 Å². The number of ether oxygens (including phenoxy) is 2. The smallest absolute Gasteiger partial charge is 0.270 e. The van der Waals surface area contributed by atoms with Gasteiger partial charge in [0, 0.05) is 10.6 Å². The summed E-state index contributed by atoms with van der Waals surface area (Å²) in [5.41, 5.74) is 0.562. The van der Waals surface area contributed by atoms with E-state index in [1.807, 2.05) is 12.1 Å². The molecule has 0 radical (unpaired) electrons. The number of benzene rings is 3. The fourth-order valence-corrected chi connectivity index (χ4v) is 4.53. The lowest BCUT2D eigenvalue weighted by molar-refractivity contribution is -0.255. The van der Waals surface area contributed by atoms with Crippen LogP contribution >= 0.6 is 11.6 Å². The van der Waals surface area contributed by atoms with Crippen molar-refractivity contribution in [1.82, 2.24) is 0 Å². The van der Waals surface area contributed by atoms with Crippen molar-refractivity contribution >= 4 is 34.8 Å². The number of rotatable bonds is 9. The number of anilines is 1. The number of aromatic carboxylic acids is 2. The van der Waals surface area contributed by atoms with E-state index in [4.69, 9.17) is 27.6 Å². The molecule has 0 saturated heterocycles. The lowest BCUT2D eigenvalue weighted by Crippen LogP contribution is -2.27. The first-order valence-electron chi connectivity index (χ1n) is 12.7. The summed E-state index contributed by atoms with van der Waals surface area (Å²) in [6.07, 6.45) is 6.08. The molecule has 4 rings (SSSR count). The number of carboxylic acid groups (broad SMARTS) is 2. The van der Waals surface area contributed by atoms with Gasteiger partial charge in [-0.1, -0.05) is 35.9 Å². The number of nitriles is 2. The lowest BCUT2D eigenvalue weighted by atomic mass is 9.96. The van der Waals surface area contributed by atoms with Crippen LogP contribution < -0.4 is 24.6 Å². The van der Waals surface area contributed by atoms with Gasteiger partial charge < -0.3 is 34.2 Å². The van der Waals surface area contributed by atoms with Crippen LogP contribution in [-0.2, 0) is 6.54 Å². The average Bonchev–Trinajstić information content (AvgIpc) is 3.35. The van der Waals surface area contributed by atoms with E-state index in [1.165, 1.54) is 31.4 Å². The first kappa shape index (κ1) is 30.7. The van der Waals surface area contributed by atoms with Crippen LogP contribution in [0.2, 0.25) is 5.02 Å². The van der Waals surface area contributed by atoms with E-state index in [1.54, 1.807) is 59.5 Å². The SMILES string of the molecule is [C-]#[N+]/C(C#N)=C(/C(C#N)=C/C=C/C=C1\Oc2ccc(Cl)cc2N1Cc1cc(C(=O)[O-])cc(C(=O)[O-])c1)c1cccc(OC)c1. The predicted molar refractivity (Wildman–Crippen MR) is 156 cm³/mol. The molecule has 0 bridgehead atoms. The molecule has 0 aliphatic carbocycles. The first-order valence-corrected chi connectivity index (χ1v) is 13.0. The van der Waals surface area contributed by atoms with Crippen LogP contribution in [0, 0.1) is 29.2 Å². The second kappa shape index (κ2) is 13.6. The van der Waals surface area contributed by atoms with Crippen molar-refractivity contribution in [3.63, 3.8) is 0 Å². The Labute approximate surface area is 257 Å². The third-order valence-corrected chi connectivity index (χ3v) is 6.55. The Balaban J connectivity index is 1.73. The maximum atomic E-state index is 11.5. The quantitative estimate of drug-likeness (QED) is 0.199. The van der Waals surface area contributed by atoms with E-state index >= 15 is 0 Å². The number of fused-ring (bicyclic) bond motifs is 1. The Morgan fingerprint density at radius 1 is 1.02 bits per heavy atom. The molecule has 1 heterocycles. The van der Waals surface area contributed by atoms with E-state index < -0.39 is 11.9 Å². The topological polar surface area (TPSA) is 154 Å². The van der Waals surface area contributed by atoms with Gasteiger partial charge in [-0.3, -0.25) is 0 Å². The summed E-state index contributed by atoms with van der Waals surface area (Å²) in [6.45, 7) is 7.44. The molecular formula is C33H19ClN4O6-2. The third-order valence-electron chi connectivity index (χ3n) is 6.31. The van der Waals surface area contributed by atoms with Crippen LogP contribution in [0.1, 0.15) is 31.8 Å². The van der Waals surface area contributed by atoms with Gasteiger partial charge in [0.1, 0.15) is 5.75 Å². The Hall–Kier alpha value is -6.28. The minimum absolute atomic E-state index is 0.00698. The number of carbonyl (C=O) groups excluding carboxylic acids is 2. The van der Waals surface area contributed by atoms with Gasteiger partial charge in [0.15, 0.2) is 5.75 Å². The Kier molecular flexibility index (Phi) is 9.47. The van der Waals surface area contributed by atoms with Crippen molar-refractivity contribution in [2.24, 2.45) is 0 Å². The fraction of sp³-hybridized carbons (Fsp3) is 0.0606. The van der Waals surface area contributed by atoms with E-state index in [0.717, 1.165) is 6.07 Å². The molecule has 11 heteroatoms. The summed E-state index contributed by atoms with van der Waals surface area (Å²) in [5.74, 6) is -1.89. The molecule has 1 aliphatic rings. The number of hydrogen-bond acceptors (Lipinski definition) is 9. The van der Waals surface area contributed by atoms with Gasteiger partial charge in [0.05, 0.1) is 55.6 Å². The van der Waals surface area contributed by atoms with Crippen LogP contribution in [-0.4, -0.2) is 19.0 Å². The molecule has 0 fully saturated rings. The van der Waals surface area contributed by atoms with Gasteiger partial charge in [-0.25, -0.2) is 10.1 Å². The Morgan fingerprint density at radius 2 is 1.75 bits per heavy atom. The molecule has 10 nitrogen and oxygen atoms in total. The summed E-state index contributed by atoms with van der Waals surface area (Å²) in [5, 5.41) is 42.9. The zero-order chi connectivity index (χ0) is 31.8. The highest BCUT2D eigenvalue weighted by Crippen LogP contribution is 2.41. The Bertz CT molecular complexity index is 1870. The molecule has 216 valence electrons. The molecule has 1 aliphatic heterocycles.